The van der Waals surface area contributed by atoms with Crippen LogP contribution in [0.3, 0.4) is 0 Å². The van der Waals surface area contributed by atoms with E-state index in [0.29, 0.717) is 18.8 Å². The highest BCUT2D eigenvalue weighted by atomic mass is 79.9. The summed E-state index contributed by atoms with van der Waals surface area (Å²) in [4.78, 5) is 17.4. The zero-order valence-electron chi connectivity index (χ0n) is 8.20. The number of aromatic nitrogens is 1. The second-order valence-corrected chi connectivity index (χ2v) is 5.07. The van der Waals surface area contributed by atoms with Crippen molar-refractivity contribution in [2.45, 2.75) is 18.7 Å². The van der Waals surface area contributed by atoms with Crippen LogP contribution in [-0.4, -0.2) is 22.8 Å². The predicted molar refractivity (Wildman–Crippen MR) is 63.3 cm³/mol. The molecule has 1 aromatic heterocycles. The van der Waals surface area contributed by atoms with E-state index in [-0.39, 0.29) is 11.3 Å². The zero-order chi connectivity index (χ0) is 11.0. The number of anilines is 1. The number of hydrogen-bond donors (Lipinski definition) is 0. The molecule has 1 saturated heterocycles. The summed E-state index contributed by atoms with van der Waals surface area (Å²) in [7, 11) is 0. The van der Waals surface area contributed by atoms with Crippen molar-refractivity contribution < 1.29 is 4.79 Å². The maximum Gasteiger partial charge on any atom is 0.229 e. The van der Waals surface area contributed by atoms with E-state index < -0.39 is 0 Å². The summed E-state index contributed by atoms with van der Waals surface area (Å²) >= 11 is 9.30. The van der Waals surface area contributed by atoms with E-state index in [0.717, 1.165) is 10.0 Å². The monoisotopic (exact) mass is 288 g/mol. The second-order valence-electron chi connectivity index (χ2n) is 3.60. The smallest absolute Gasteiger partial charge is 0.229 e. The maximum absolute atomic E-state index is 11.6. The Morgan fingerprint density at radius 3 is 2.93 bits per heavy atom. The molecule has 0 saturated carbocycles. The maximum atomic E-state index is 11.6. The van der Waals surface area contributed by atoms with Crippen molar-refractivity contribution in [3.63, 3.8) is 0 Å². The molecule has 0 N–H and O–H groups in total. The number of halogens is 2. The van der Waals surface area contributed by atoms with Gasteiger partial charge in [-0.2, -0.15) is 0 Å². The van der Waals surface area contributed by atoms with Gasteiger partial charge in [-0.1, -0.05) is 0 Å². The summed E-state index contributed by atoms with van der Waals surface area (Å²) in [5.74, 6) is 0.730. The fraction of sp³-hybridized carbons (Fsp3) is 0.400. The summed E-state index contributed by atoms with van der Waals surface area (Å²) in [6.45, 7) is 2.52. The van der Waals surface area contributed by atoms with Gasteiger partial charge in [-0.05, 0) is 34.5 Å². The van der Waals surface area contributed by atoms with Crippen molar-refractivity contribution >= 4 is 39.3 Å². The van der Waals surface area contributed by atoms with Gasteiger partial charge < -0.3 is 0 Å². The zero-order valence-corrected chi connectivity index (χ0v) is 10.5. The fourth-order valence-electron chi connectivity index (χ4n) is 1.56. The first-order valence-corrected chi connectivity index (χ1v) is 5.87. The average Bonchev–Trinajstić information content (AvgIpc) is 2.50. The Labute approximate surface area is 102 Å². The number of hydrogen-bond acceptors (Lipinski definition) is 2. The third-order valence-corrected chi connectivity index (χ3v) is 3.51. The molecule has 2 rings (SSSR count). The minimum atomic E-state index is -0.0942. The lowest BCUT2D eigenvalue weighted by Crippen LogP contribution is -2.25. The van der Waals surface area contributed by atoms with Crippen molar-refractivity contribution in [2.75, 3.05) is 11.4 Å². The van der Waals surface area contributed by atoms with Crippen LogP contribution in [0.2, 0.25) is 0 Å². The molecule has 3 nitrogen and oxygen atoms in total. The topological polar surface area (TPSA) is 33.2 Å². The first-order valence-electron chi connectivity index (χ1n) is 4.64. The van der Waals surface area contributed by atoms with Crippen LogP contribution in [0.4, 0.5) is 5.82 Å². The Morgan fingerprint density at radius 1 is 1.67 bits per heavy atom. The van der Waals surface area contributed by atoms with Gasteiger partial charge in [0.15, 0.2) is 0 Å². The number of carbonyl (C=O) groups is 1. The van der Waals surface area contributed by atoms with E-state index >= 15 is 0 Å². The molecule has 1 aliphatic rings. The molecule has 5 heteroatoms. The van der Waals surface area contributed by atoms with Crippen LogP contribution in [0.15, 0.2) is 16.7 Å². The van der Waals surface area contributed by atoms with Crippen LogP contribution in [-0.2, 0) is 4.79 Å². The molecule has 1 aromatic rings. The van der Waals surface area contributed by atoms with Gasteiger partial charge in [-0.3, -0.25) is 9.69 Å². The molecule has 0 spiro atoms. The van der Waals surface area contributed by atoms with Crippen molar-refractivity contribution in [3.05, 3.63) is 22.3 Å². The van der Waals surface area contributed by atoms with Gasteiger partial charge in [0.25, 0.3) is 0 Å². The molecule has 1 fully saturated rings. The van der Waals surface area contributed by atoms with E-state index in [9.17, 15) is 4.79 Å². The molecular formula is C10H10BrClN2O. The average molecular weight is 290 g/mol. The van der Waals surface area contributed by atoms with Crippen molar-refractivity contribution in [3.8, 4) is 0 Å². The number of carbonyl (C=O) groups excluding carboxylic acids is 1. The molecule has 2 heterocycles. The number of pyridine rings is 1. The van der Waals surface area contributed by atoms with E-state index in [4.69, 9.17) is 11.6 Å². The van der Waals surface area contributed by atoms with E-state index in [1.54, 1.807) is 11.1 Å². The lowest BCUT2D eigenvalue weighted by atomic mass is 10.3. The quantitative estimate of drug-likeness (QED) is 0.744. The SMILES string of the molecule is Cc1cc(N2CC(Cl)CC2=O)ncc1Br. The number of amides is 1. The Morgan fingerprint density at radius 2 is 2.40 bits per heavy atom. The second kappa shape index (κ2) is 4.10. The minimum absolute atomic E-state index is 0.0456. The van der Waals surface area contributed by atoms with Crippen LogP contribution in [0, 0.1) is 6.92 Å². The summed E-state index contributed by atoms with van der Waals surface area (Å²) in [5, 5.41) is -0.0942. The molecule has 0 aromatic carbocycles. The molecule has 1 aliphatic heterocycles. The number of rotatable bonds is 1. The highest BCUT2D eigenvalue weighted by Crippen LogP contribution is 2.25. The number of aryl methyl sites for hydroxylation is 1. The predicted octanol–water partition coefficient (Wildman–Crippen LogP) is 2.50. The van der Waals surface area contributed by atoms with Gasteiger partial charge >= 0.3 is 0 Å². The summed E-state index contributed by atoms with van der Waals surface area (Å²) in [6.07, 6.45) is 2.11. The first kappa shape index (κ1) is 10.9. The largest absolute Gasteiger partial charge is 0.295 e. The van der Waals surface area contributed by atoms with E-state index in [1.165, 1.54) is 0 Å². The molecular weight excluding hydrogens is 279 g/mol. The molecule has 15 heavy (non-hydrogen) atoms. The van der Waals surface area contributed by atoms with Gasteiger partial charge in [0, 0.05) is 23.6 Å². The third kappa shape index (κ3) is 2.16. The Hall–Kier alpha value is -0.610. The molecule has 0 aliphatic carbocycles. The van der Waals surface area contributed by atoms with E-state index in [2.05, 4.69) is 20.9 Å². The lowest BCUT2D eigenvalue weighted by molar-refractivity contribution is -0.117. The van der Waals surface area contributed by atoms with Crippen LogP contribution >= 0.6 is 27.5 Å². The molecule has 1 unspecified atom stereocenters. The molecule has 1 amide bonds. The van der Waals surface area contributed by atoms with Gasteiger partial charge in [0.2, 0.25) is 5.91 Å². The van der Waals surface area contributed by atoms with Crippen molar-refractivity contribution in [2.24, 2.45) is 0 Å². The van der Waals surface area contributed by atoms with Crippen LogP contribution in [0.25, 0.3) is 0 Å². The lowest BCUT2D eigenvalue weighted by Gasteiger charge is -2.15. The minimum Gasteiger partial charge on any atom is -0.295 e. The summed E-state index contributed by atoms with van der Waals surface area (Å²) < 4.78 is 0.945. The highest BCUT2D eigenvalue weighted by molar-refractivity contribution is 9.10. The van der Waals surface area contributed by atoms with Crippen LogP contribution in [0.5, 0.6) is 0 Å². The normalized spacial score (nSPS) is 21.1. The summed E-state index contributed by atoms with van der Waals surface area (Å²) in [5.41, 5.74) is 1.06. The summed E-state index contributed by atoms with van der Waals surface area (Å²) in [6, 6.07) is 1.89. The van der Waals surface area contributed by atoms with Crippen LogP contribution < -0.4 is 4.90 Å². The van der Waals surface area contributed by atoms with Gasteiger partial charge in [0.05, 0.1) is 5.38 Å². The Kier molecular flexibility index (Phi) is 2.98. The Bertz CT molecular complexity index is 410. The number of nitrogens with zero attached hydrogens (tertiary/aromatic N) is 2. The molecule has 0 radical (unpaired) electrons. The number of alkyl halides is 1. The first-order chi connectivity index (χ1) is 7.08. The van der Waals surface area contributed by atoms with Crippen molar-refractivity contribution in [1.82, 2.24) is 4.98 Å². The molecule has 1 atom stereocenters. The van der Waals surface area contributed by atoms with Gasteiger partial charge in [0.1, 0.15) is 5.82 Å². The Balaban J connectivity index is 2.30. The van der Waals surface area contributed by atoms with E-state index in [1.807, 2.05) is 13.0 Å². The van der Waals surface area contributed by atoms with Crippen molar-refractivity contribution in [1.29, 1.82) is 0 Å². The van der Waals surface area contributed by atoms with Gasteiger partial charge in [-0.25, -0.2) is 4.98 Å². The molecule has 80 valence electrons. The van der Waals surface area contributed by atoms with Crippen LogP contribution in [0.1, 0.15) is 12.0 Å². The fourth-order valence-corrected chi connectivity index (χ4v) is 2.04. The third-order valence-electron chi connectivity index (χ3n) is 2.39. The standard InChI is InChI=1S/C10H10BrClN2O/c1-6-2-9(13-4-8(6)11)14-5-7(12)3-10(14)15/h2,4,7H,3,5H2,1H3. The van der Waals surface area contributed by atoms with Gasteiger partial charge in [-0.15, -0.1) is 11.6 Å². The highest BCUT2D eigenvalue weighted by Gasteiger charge is 2.29. The molecule has 0 bridgehead atoms.